The lowest BCUT2D eigenvalue weighted by Gasteiger charge is -2.19. The van der Waals surface area contributed by atoms with Crippen molar-refractivity contribution < 1.29 is 42.9 Å². The van der Waals surface area contributed by atoms with Crippen LogP contribution in [-0.4, -0.2) is 125 Å². The molecule has 3 saturated carbocycles. The van der Waals surface area contributed by atoms with E-state index in [9.17, 15) is 28.7 Å². The van der Waals surface area contributed by atoms with E-state index < -0.39 is 11.5 Å². The summed E-state index contributed by atoms with van der Waals surface area (Å²) in [6.45, 7) is 13.2. The maximum absolute atomic E-state index is 14.5. The van der Waals surface area contributed by atoms with E-state index in [-0.39, 0.29) is 64.0 Å². The van der Waals surface area contributed by atoms with E-state index in [0.29, 0.717) is 120 Å². The Balaban J connectivity index is 0.000000152. The normalized spacial score (nSPS) is 13.2. The molecule has 108 heavy (non-hydrogen) atoms. The molecule has 0 aliphatic heterocycles. The molecule has 0 spiro atoms. The summed E-state index contributed by atoms with van der Waals surface area (Å²) in [5.74, 6) is 4.74. The van der Waals surface area contributed by atoms with E-state index in [1.165, 1.54) is 32.3 Å². The van der Waals surface area contributed by atoms with Crippen molar-refractivity contribution in [2.45, 2.75) is 104 Å². The number of aromatic nitrogens is 14. The minimum atomic E-state index is -1.37. The molecule has 29 nitrogen and oxygen atoms in total. The Kier molecular flexibility index (Phi) is 22.3. The van der Waals surface area contributed by atoms with E-state index in [1.54, 1.807) is 92.8 Å². The van der Waals surface area contributed by atoms with Crippen LogP contribution in [0.3, 0.4) is 0 Å². The Bertz CT molecular complexity index is 5130. The van der Waals surface area contributed by atoms with Gasteiger partial charge in [-0.15, -0.1) is 0 Å². The Hall–Kier alpha value is -12.6. The van der Waals surface area contributed by atoms with E-state index in [0.717, 1.165) is 49.7 Å². The predicted octanol–water partition coefficient (Wildman–Crippen LogP) is 14.1. The third-order valence-electron chi connectivity index (χ3n) is 17.7. The van der Waals surface area contributed by atoms with Gasteiger partial charge in [0.05, 0.1) is 94.4 Å². The second kappa shape index (κ2) is 32.0. The van der Waals surface area contributed by atoms with Gasteiger partial charge < -0.3 is 51.2 Å². The molecule has 3 fully saturated rings. The number of halogens is 1. The second-order valence-corrected chi connectivity index (χ2v) is 28.3. The number of aliphatic hydroxyl groups is 1. The topological polar surface area (TPSA) is 357 Å². The van der Waals surface area contributed by atoms with Gasteiger partial charge in [0.15, 0.2) is 52.1 Å². The first kappa shape index (κ1) is 75.1. The monoisotopic (exact) mass is 1460 g/mol. The molecule has 0 saturated heterocycles. The van der Waals surface area contributed by atoms with Crippen molar-refractivity contribution >= 4 is 86.6 Å². The van der Waals surface area contributed by atoms with Crippen LogP contribution in [-0.2, 0) is 32.2 Å². The maximum atomic E-state index is 14.5. The predicted molar refractivity (Wildman–Crippen MR) is 409 cm³/mol. The number of carbonyl (C=O) groups is 4. The zero-order valence-corrected chi connectivity index (χ0v) is 62.3. The van der Waals surface area contributed by atoms with Crippen LogP contribution in [0.2, 0.25) is 0 Å². The van der Waals surface area contributed by atoms with Crippen molar-refractivity contribution in [3.05, 3.63) is 175 Å². The van der Waals surface area contributed by atoms with Gasteiger partial charge in [0.25, 0.3) is 0 Å². The van der Waals surface area contributed by atoms with Crippen LogP contribution < -0.4 is 51.4 Å². The molecular formula is C78H86FN21O8. The standard InChI is InChI=1S/C28H31N7O2.C27H28FN7O3.C23H27N7O3/c1-28(2,3)18-11-12-23(29-14-18)33-24-13-22(20(15-30-24)25(36)17-9-10-17)32-21-8-6-7-19(26(21)37-5)27-31-16-35(4)34-27;1-27(2,37)18-10-11-21(33-25(18)28)32-22-12-20(17(13-29-22)23(36)15-8-9-15)31-19-7-5-6-16(24(19)38-4)26-30-14-35(3)34-26;1-13(2)26-23(32)28-19-10-18(16(11-24-19)20(31)14-8-9-14)27-17-7-5-6-15(21(17)33-4)22-25-12-30(3)29-22/h6-8,11-17H,9-10H2,1-5H3,(H2,29,30,32,33);5-7,10-15,37H,8-9H2,1-4H3,(H2,29,31,32,33);5-7,10-14H,8-9H2,1-4H3,(H3,24,26,27,28,32). The summed E-state index contributed by atoms with van der Waals surface area (Å²) < 4.78 is 36.5. The number of aryl methyl sites for hydroxylation is 3. The zero-order chi connectivity index (χ0) is 76.7. The quantitative estimate of drug-likeness (QED) is 0.0195. The Labute approximate surface area is 623 Å². The fraction of sp³-hybridized carbons (Fsp3) is 0.321. The van der Waals surface area contributed by atoms with Gasteiger partial charge in [-0.3, -0.25) is 33.7 Å². The smallest absolute Gasteiger partial charge is 0.320 e. The van der Waals surface area contributed by atoms with Crippen molar-refractivity contribution in [1.29, 1.82) is 0 Å². The van der Waals surface area contributed by atoms with Crippen molar-refractivity contribution in [3.8, 4) is 51.4 Å². The third-order valence-corrected chi connectivity index (χ3v) is 17.7. The van der Waals surface area contributed by atoms with Crippen molar-refractivity contribution in [2.24, 2.45) is 38.9 Å². The number of rotatable bonds is 25. The van der Waals surface area contributed by atoms with Gasteiger partial charge in [0, 0.05) is 93.5 Å². The SMILES string of the molecule is COc1c(Nc2cc(NC(=O)NC(C)C)ncc2C(=O)C2CC2)cccc1-c1ncn(C)n1.COc1c(Nc2cc(Nc3ccc(C(C)(C)C)cn3)ncc2C(=O)C2CC2)cccc1-c1ncn(C)n1.COc1c(Nc2cc(Nc3ccc(C(C)(C)O)c(F)n3)ncc2C(=O)C2CC2)cccc1-c1ncn(C)n1. The van der Waals surface area contributed by atoms with Gasteiger partial charge in [0.2, 0.25) is 5.95 Å². The molecule has 8 heterocycles. The Morgan fingerprint density at radius 3 is 1.17 bits per heavy atom. The molecule has 0 bridgehead atoms. The maximum Gasteiger partial charge on any atom is 0.320 e. The number of carbonyl (C=O) groups excluding carboxylic acids is 4. The van der Waals surface area contributed by atoms with Gasteiger partial charge in [-0.1, -0.05) is 45.0 Å². The highest BCUT2D eigenvalue weighted by Gasteiger charge is 2.36. The summed E-state index contributed by atoms with van der Waals surface area (Å²) in [4.78, 5) is 85.9. The first-order chi connectivity index (χ1) is 51.7. The number of anilines is 11. The number of pyridine rings is 5. The molecule has 8 aromatic heterocycles. The molecule has 0 unspecified atom stereocenters. The number of ether oxygens (including phenoxy) is 3. The average Bonchev–Trinajstić information content (AvgIpc) is 1.34. The van der Waals surface area contributed by atoms with Crippen LogP contribution >= 0.6 is 0 Å². The number of urea groups is 1. The number of amides is 2. The third kappa shape index (κ3) is 18.2. The molecule has 14 rings (SSSR count). The average molecular weight is 1460 g/mol. The van der Waals surface area contributed by atoms with Gasteiger partial charge in [0.1, 0.15) is 48.1 Å². The summed E-state index contributed by atoms with van der Waals surface area (Å²) in [7, 11) is 10.1. The largest absolute Gasteiger partial charge is 0.494 e. The fourth-order valence-electron chi connectivity index (χ4n) is 11.6. The van der Waals surface area contributed by atoms with Crippen LogP contribution in [0.5, 0.6) is 17.2 Å². The number of hydrogen-bond donors (Lipinski definition) is 8. The molecule has 11 aromatic rings. The molecule has 0 atom stereocenters. The Morgan fingerprint density at radius 2 is 0.843 bits per heavy atom. The molecule has 3 aliphatic carbocycles. The van der Waals surface area contributed by atoms with Crippen molar-refractivity contribution in [3.63, 3.8) is 0 Å². The second-order valence-electron chi connectivity index (χ2n) is 28.3. The minimum absolute atomic E-state index is 0.00626. The summed E-state index contributed by atoms with van der Waals surface area (Å²) in [6.07, 6.45) is 16.6. The van der Waals surface area contributed by atoms with Crippen LogP contribution in [0.4, 0.5) is 72.4 Å². The molecular weight excluding hydrogens is 1380 g/mol. The van der Waals surface area contributed by atoms with E-state index in [4.69, 9.17) is 14.2 Å². The van der Waals surface area contributed by atoms with Crippen LogP contribution in [0.15, 0.2) is 141 Å². The highest BCUT2D eigenvalue weighted by molar-refractivity contribution is 6.07. The molecule has 8 N–H and O–H groups in total. The van der Waals surface area contributed by atoms with Crippen LogP contribution in [0.1, 0.15) is 129 Å². The van der Waals surface area contributed by atoms with Crippen LogP contribution in [0, 0.1) is 23.7 Å². The number of methoxy groups -OCH3 is 3. The van der Waals surface area contributed by atoms with Crippen LogP contribution in [0.25, 0.3) is 34.2 Å². The molecule has 558 valence electrons. The number of benzene rings is 3. The van der Waals surface area contributed by atoms with Gasteiger partial charge in [-0.2, -0.15) is 19.7 Å². The summed E-state index contributed by atoms with van der Waals surface area (Å²) in [5, 5.41) is 45.0. The van der Waals surface area contributed by atoms with Gasteiger partial charge in [-0.25, -0.2) is 44.7 Å². The molecule has 3 aromatic carbocycles. The summed E-state index contributed by atoms with van der Waals surface area (Å²) in [5.41, 5.74) is 7.11. The first-order valence-corrected chi connectivity index (χ1v) is 35.2. The minimum Gasteiger partial charge on any atom is -0.494 e. The number of hydrogen-bond acceptors (Lipinski definition) is 24. The van der Waals surface area contributed by atoms with E-state index in [1.807, 2.05) is 93.8 Å². The molecule has 3 aliphatic rings. The van der Waals surface area contributed by atoms with Crippen molar-refractivity contribution in [2.75, 3.05) is 53.2 Å². The lowest BCUT2D eigenvalue weighted by Crippen LogP contribution is -2.34. The first-order valence-electron chi connectivity index (χ1n) is 35.2. The number of ketones is 3. The van der Waals surface area contributed by atoms with Crippen molar-refractivity contribution in [1.82, 2.24) is 74.5 Å². The van der Waals surface area contributed by atoms with Gasteiger partial charge >= 0.3 is 6.03 Å². The highest BCUT2D eigenvalue weighted by atomic mass is 19.1. The number of para-hydroxylation sites is 3. The molecule has 0 radical (unpaired) electrons. The lowest BCUT2D eigenvalue weighted by atomic mass is 9.88. The molecule has 2 amide bonds. The van der Waals surface area contributed by atoms with E-state index >= 15 is 0 Å². The number of nitrogens with zero attached hydrogens (tertiary/aromatic N) is 14. The summed E-state index contributed by atoms with van der Waals surface area (Å²) >= 11 is 0. The lowest BCUT2D eigenvalue weighted by molar-refractivity contribution is 0.0736. The van der Waals surface area contributed by atoms with Gasteiger partial charge in [-0.05, 0) is 132 Å². The zero-order valence-electron chi connectivity index (χ0n) is 62.3. The highest BCUT2D eigenvalue weighted by Crippen LogP contribution is 2.44. The van der Waals surface area contributed by atoms with E-state index in [2.05, 4.69) is 119 Å². The number of Topliss-reactive ketones (excluding diaryl/α,β-unsaturated/α-hetero) is 3. The summed E-state index contributed by atoms with van der Waals surface area (Å²) in [6, 6.07) is 28.6. The fourth-order valence-corrected chi connectivity index (χ4v) is 11.6. The Morgan fingerprint density at radius 1 is 0.472 bits per heavy atom. The molecule has 30 heteroatoms. The number of nitrogens with one attached hydrogen (secondary N) is 7.